The van der Waals surface area contributed by atoms with E-state index in [0.717, 1.165) is 40.4 Å². The van der Waals surface area contributed by atoms with Crippen molar-refractivity contribution in [2.75, 3.05) is 0 Å². The van der Waals surface area contributed by atoms with Crippen molar-refractivity contribution in [1.82, 2.24) is 29.4 Å². The fraction of sp³-hybridized carbons (Fsp3) is 0.286. The predicted octanol–water partition coefficient (Wildman–Crippen LogP) is 3.88. The molecule has 0 unspecified atom stereocenters. The van der Waals surface area contributed by atoms with Crippen LogP contribution in [0.25, 0.3) is 28.0 Å². The highest BCUT2D eigenvalue weighted by molar-refractivity contribution is 5.81. The lowest BCUT2D eigenvalue weighted by Gasteiger charge is -2.17. The molecule has 0 atom stereocenters. The first kappa shape index (κ1) is 17.9. The summed E-state index contributed by atoms with van der Waals surface area (Å²) in [4.78, 5) is 4.58. The SMILES string of the molecule is Cc1nnc2cc(-c3nc(C#N)ccc3-c3cnn(CC(C)(C)C)c3)ccn12. The lowest BCUT2D eigenvalue weighted by atomic mass is 9.97. The maximum atomic E-state index is 9.32. The third-order valence-electron chi connectivity index (χ3n) is 4.44. The van der Waals surface area contributed by atoms with Crippen molar-refractivity contribution in [3.8, 4) is 28.5 Å². The normalized spacial score (nSPS) is 11.7. The number of hydrogen-bond donors (Lipinski definition) is 0. The Morgan fingerprint density at radius 3 is 2.68 bits per heavy atom. The van der Waals surface area contributed by atoms with Gasteiger partial charge in [-0.1, -0.05) is 20.8 Å². The first-order valence-electron chi connectivity index (χ1n) is 9.10. The van der Waals surface area contributed by atoms with Crippen molar-refractivity contribution in [3.63, 3.8) is 0 Å². The molecular weight excluding hydrogens is 350 g/mol. The number of nitrogens with zero attached hydrogens (tertiary/aromatic N) is 7. The van der Waals surface area contributed by atoms with Gasteiger partial charge < -0.3 is 0 Å². The number of aryl methyl sites for hydroxylation is 1. The molecule has 0 amide bonds. The summed E-state index contributed by atoms with van der Waals surface area (Å²) in [5.41, 5.74) is 4.76. The van der Waals surface area contributed by atoms with Gasteiger partial charge in [-0.05, 0) is 36.6 Å². The Balaban J connectivity index is 1.83. The molecule has 0 spiro atoms. The minimum absolute atomic E-state index is 0.131. The number of rotatable bonds is 3. The van der Waals surface area contributed by atoms with Gasteiger partial charge in [0.25, 0.3) is 0 Å². The largest absolute Gasteiger partial charge is 0.287 e. The van der Waals surface area contributed by atoms with Gasteiger partial charge in [-0.25, -0.2) is 4.98 Å². The molecule has 0 saturated heterocycles. The van der Waals surface area contributed by atoms with E-state index in [-0.39, 0.29) is 5.41 Å². The van der Waals surface area contributed by atoms with Crippen LogP contribution in [0, 0.1) is 23.7 Å². The van der Waals surface area contributed by atoms with E-state index in [2.05, 4.69) is 47.1 Å². The second-order valence-electron chi connectivity index (χ2n) is 8.08. The van der Waals surface area contributed by atoms with Crippen molar-refractivity contribution in [1.29, 1.82) is 5.26 Å². The summed E-state index contributed by atoms with van der Waals surface area (Å²) >= 11 is 0. The predicted molar refractivity (Wildman–Crippen MR) is 106 cm³/mol. The van der Waals surface area contributed by atoms with Gasteiger partial charge in [-0.2, -0.15) is 10.4 Å². The zero-order chi connectivity index (χ0) is 19.9. The summed E-state index contributed by atoms with van der Waals surface area (Å²) in [7, 11) is 0. The molecule has 7 nitrogen and oxygen atoms in total. The van der Waals surface area contributed by atoms with Gasteiger partial charge in [0.2, 0.25) is 0 Å². The first-order chi connectivity index (χ1) is 13.3. The second kappa shape index (κ2) is 6.57. The van der Waals surface area contributed by atoms with Crippen LogP contribution >= 0.6 is 0 Å². The van der Waals surface area contributed by atoms with Gasteiger partial charge in [0, 0.05) is 35.6 Å². The monoisotopic (exact) mass is 371 g/mol. The summed E-state index contributed by atoms with van der Waals surface area (Å²) in [6.07, 6.45) is 5.79. The first-order valence-corrected chi connectivity index (χ1v) is 9.10. The van der Waals surface area contributed by atoms with Gasteiger partial charge in [0.1, 0.15) is 17.6 Å². The smallest absolute Gasteiger partial charge is 0.161 e. The Morgan fingerprint density at radius 2 is 1.93 bits per heavy atom. The van der Waals surface area contributed by atoms with E-state index in [9.17, 15) is 5.26 Å². The van der Waals surface area contributed by atoms with Gasteiger partial charge in [0.15, 0.2) is 5.65 Å². The molecule has 0 aliphatic carbocycles. The van der Waals surface area contributed by atoms with Crippen LogP contribution in [-0.4, -0.2) is 29.4 Å². The minimum Gasteiger partial charge on any atom is -0.287 e. The van der Waals surface area contributed by atoms with E-state index in [4.69, 9.17) is 0 Å². The standard InChI is InChI=1S/C21H21N7/c1-14-25-26-19-9-15(7-8-28(14)19)20-18(6-5-17(10-22)24-20)16-11-23-27(12-16)13-21(2,3)4/h5-9,11-12H,13H2,1-4H3. The molecule has 0 saturated carbocycles. The van der Waals surface area contributed by atoms with E-state index in [0.29, 0.717) is 5.69 Å². The average molecular weight is 371 g/mol. The molecule has 0 aromatic carbocycles. The highest BCUT2D eigenvalue weighted by Crippen LogP contribution is 2.31. The second-order valence-corrected chi connectivity index (χ2v) is 8.08. The molecule has 0 aliphatic heterocycles. The van der Waals surface area contributed by atoms with Crippen LogP contribution < -0.4 is 0 Å². The Labute approximate surface area is 163 Å². The summed E-state index contributed by atoms with van der Waals surface area (Å²) in [6, 6.07) is 9.70. The Hall–Kier alpha value is -3.53. The summed E-state index contributed by atoms with van der Waals surface area (Å²) in [5.74, 6) is 0.823. The lowest BCUT2D eigenvalue weighted by molar-refractivity contribution is 0.325. The molecule has 4 aromatic rings. The number of aromatic nitrogens is 6. The molecule has 0 aliphatic rings. The summed E-state index contributed by atoms with van der Waals surface area (Å²) in [5, 5.41) is 22.1. The van der Waals surface area contributed by atoms with Crippen LogP contribution in [0.1, 0.15) is 32.3 Å². The maximum absolute atomic E-state index is 9.32. The van der Waals surface area contributed by atoms with Gasteiger partial charge >= 0.3 is 0 Å². The van der Waals surface area contributed by atoms with Crippen LogP contribution in [0.3, 0.4) is 0 Å². The fourth-order valence-corrected chi connectivity index (χ4v) is 3.21. The molecule has 0 N–H and O–H groups in total. The van der Waals surface area contributed by atoms with Gasteiger partial charge in [-0.15, -0.1) is 10.2 Å². The minimum atomic E-state index is 0.131. The molecule has 28 heavy (non-hydrogen) atoms. The number of pyridine rings is 2. The summed E-state index contributed by atoms with van der Waals surface area (Å²) < 4.78 is 3.86. The van der Waals surface area contributed by atoms with E-state index < -0.39 is 0 Å². The van der Waals surface area contributed by atoms with Crippen molar-refractivity contribution in [2.45, 2.75) is 34.2 Å². The molecule has 7 heteroatoms. The number of fused-ring (bicyclic) bond motifs is 1. The fourth-order valence-electron chi connectivity index (χ4n) is 3.21. The molecule has 4 rings (SSSR count). The summed E-state index contributed by atoms with van der Waals surface area (Å²) in [6.45, 7) is 9.26. The molecule has 4 aromatic heterocycles. The molecule has 0 radical (unpaired) electrons. The van der Waals surface area contributed by atoms with Crippen LogP contribution in [0.15, 0.2) is 42.9 Å². The molecule has 140 valence electrons. The van der Waals surface area contributed by atoms with Crippen molar-refractivity contribution >= 4 is 5.65 Å². The zero-order valence-electron chi connectivity index (χ0n) is 16.4. The van der Waals surface area contributed by atoms with Crippen LogP contribution in [-0.2, 0) is 6.54 Å². The molecule has 0 bridgehead atoms. The number of hydrogen-bond acceptors (Lipinski definition) is 5. The van der Waals surface area contributed by atoms with Crippen LogP contribution in [0.5, 0.6) is 0 Å². The Kier molecular flexibility index (Phi) is 4.19. The van der Waals surface area contributed by atoms with E-state index in [1.165, 1.54) is 0 Å². The lowest BCUT2D eigenvalue weighted by Crippen LogP contribution is -2.15. The van der Waals surface area contributed by atoms with Crippen molar-refractivity contribution < 1.29 is 0 Å². The van der Waals surface area contributed by atoms with Crippen molar-refractivity contribution in [2.24, 2.45) is 5.41 Å². The van der Waals surface area contributed by atoms with Gasteiger partial charge in [0.05, 0.1) is 11.9 Å². The maximum Gasteiger partial charge on any atom is 0.161 e. The van der Waals surface area contributed by atoms with E-state index in [1.807, 2.05) is 52.8 Å². The third-order valence-corrected chi connectivity index (χ3v) is 4.44. The van der Waals surface area contributed by atoms with Gasteiger partial charge in [-0.3, -0.25) is 9.08 Å². The van der Waals surface area contributed by atoms with Crippen LogP contribution in [0.4, 0.5) is 0 Å². The molecule has 4 heterocycles. The average Bonchev–Trinajstić information content (AvgIpc) is 3.26. The van der Waals surface area contributed by atoms with Crippen LogP contribution in [0.2, 0.25) is 0 Å². The zero-order valence-corrected chi connectivity index (χ0v) is 16.4. The highest BCUT2D eigenvalue weighted by atomic mass is 15.3. The van der Waals surface area contributed by atoms with Crippen molar-refractivity contribution in [3.05, 3.63) is 54.4 Å². The topological polar surface area (TPSA) is 84.7 Å². The van der Waals surface area contributed by atoms with E-state index >= 15 is 0 Å². The quantitative estimate of drug-likeness (QED) is 0.545. The molecule has 0 fully saturated rings. The number of nitriles is 1. The third kappa shape index (κ3) is 3.37. The van der Waals surface area contributed by atoms with E-state index in [1.54, 1.807) is 6.07 Å². The highest BCUT2D eigenvalue weighted by Gasteiger charge is 2.16. The Morgan fingerprint density at radius 1 is 1.11 bits per heavy atom. The molecular formula is C21H21N7. The Bertz CT molecular complexity index is 1200.